The second-order valence-corrected chi connectivity index (χ2v) is 6.15. The minimum Gasteiger partial charge on any atom is -0.341 e. The van der Waals surface area contributed by atoms with Gasteiger partial charge in [-0.1, -0.05) is 43.2 Å². The Labute approximate surface area is 128 Å². The highest BCUT2D eigenvalue weighted by molar-refractivity contribution is 5.78. The van der Waals surface area contributed by atoms with Crippen molar-refractivity contribution in [3.8, 4) is 0 Å². The Balaban J connectivity index is 1.95. The Morgan fingerprint density at radius 1 is 1.43 bits per heavy atom. The first-order valence-corrected chi connectivity index (χ1v) is 8.25. The van der Waals surface area contributed by atoms with Crippen LogP contribution in [0.25, 0.3) is 0 Å². The van der Waals surface area contributed by atoms with E-state index in [4.69, 9.17) is 0 Å². The maximum absolute atomic E-state index is 12.6. The lowest BCUT2D eigenvalue weighted by Gasteiger charge is -2.26. The number of nitrogens with zero attached hydrogens (tertiary/aromatic N) is 1. The molecule has 21 heavy (non-hydrogen) atoms. The monoisotopic (exact) mass is 288 g/mol. The summed E-state index contributed by atoms with van der Waals surface area (Å²) in [6.07, 6.45) is 5.18. The number of unbranched alkanes of at least 4 members (excludes halogenated alkanes) is 1. The van der Waals surface area contributed by atoms with E-state index in [2.05, 4.69) is 42.3 Å². The van der Waals surface area contributed by atoms with Crippen molar-refractivity contribution in [2.75, 3.05) is 19.6 Å². The molecule has 1 heterocycles. The van der Waals surface area contributed by atoms with Crippen molar-refractivity contribution < 1.29 is 4.79 Å². The molecule has 1 atom stereocenters. The molecular formula is C18H28N2O. The number of carbonyl (C=O) groups is 1. The van der Waals surface area contributed by atoms with Crippen molar-refractivity contribution in [3.63, 3.8) is 0 Å². The van der Waals surface area contributed by atoms with Gasteiger partial charge >= 0.3 is 0 Å². The van der Waals surface area contributed by atoms with Gasteiger partial charge in [0.05, 0.1) is 6.42 Å². The minimum absolute atomic E-state index is 0.266. The molecular weight excluding hydrogens is 260 g/mol. The van der Waals surface area contributed by atoms with Crippen molar-refractivity contribution in [2.45, 2.75) is 52.0 Å². The normalized spacial score (nSPS) is 17.9. The summed E-state index contributed by atoms with van der Waals surface area (Å²) < 4.78 is 0. The average molecular weight is 288 g/mol. The van der Waals surface area contributed by atoms with Crippen molar-refractivity contribution in [3.05, 3.63) is 35.4 Å². The molecule has 1 saturated heterocycles. The lowest BCUT2D eigenvalue weighted by Crippen LogP contribution is -2.42. The molecule has 0 aliphatic carbocycles. The third-order valence-electron chi connectivity index (χ3n) is 4.18. The predicted octanol–water partition coefficient (Wildman–Crippen LogP) is 2.92. The Hall–Kier alpha value is -1.35. The molecule has 1 aromatic rings. The number of amides is 1. The van der Waals surface area contributed by atoms with Crippen LogP contribution in [0.1, 0.15) is 43.7 Å². The van der Waals surface area contributed by atoms with Crippen LogP contribution in [0.3, 0.4) is 0 Å². The van der Waals surface area contributed by atoms with Gasteiger partial charge in [-0.25, -0.2) is 0 Å². The molecule has 1 aromatic carbocycles. The third kappa shape index (κ3) is 5.16. The summed E-state index contributed by atoms with van der Waals surface area (Å²) in [6.45, 7) is 7.10. The van der Waals surface area contributed by atoms with Gasteiger partial charge in [0.25, 0.3) is 0 Å². The summed E-state index contributed by atoms with van der Waals surface area (Å²) in [6, 6.07) is 8.77. The van der Waals surface area contributed by atoms with Crippen LogP contribution in [0.4, 0.5) is 0 Å². The van der Waals surface area contributed by atoms with Gasteiger partial charge in [-0.3, -0.25) is 4.79 Å². The van der Waals surface area contributed by atoms with Crippen LogP contribution < -0.4 is 5.32 Å². The first kappa shape index (κ1) is 16.0. The van der Waals surface area contributed by atoms with Crippen LogP contribution in [-0.4, -0.2) is 36.5 Å². The van der Waals surface area contributed by atoms with Gasteiger partial charge in [0.2, 0.25) is 5.91 Å². The highest BCUT2D eigenvalue weighted by Crippen LogP contribution is 2.11. The van der Waals surface area contributed by atoms with Crippen LogP contribution >= 0.6 is 0 Å². The van der Waals surface area contributed by atoms with Gasteiger partial charge in [0.15, 0.2) is 0 Å². The van der Waals surface area contributed by atoms with Gasteiger partial charge in [0, 0.05) is 19.1 Å². The quantitative estimate of drug-likeness (QED) is 0.836. The van der Waals surface area contributed by atoms with Crippen LogP contribution in [0.2, 0.25) is 0 Å². The second-order valence-electron chi connectivity index (χ2n) is 6.15. The largest absolute Gasteiger partial charge is 0.341 e. The van der Waals surface area contributed by atoms with Gasteiger partial charge in [-0.05, 0) is 38.3 Å². The van der Waals surface area contributed by atoms with Crippen LogP contribution in [0.15, 0.2) is 24.3 Å². The van der Waals surface area contributed by atoms with E-state index in [0.29, 0.717) is 12.5 Å². The van der Waals surface area contributed by atoms with E-state index in [-0.39, 0.29) is 5.91 Å². The molecule has 116 valence electrons. The van der Waals surface area contributed by atoms with E-state index in [1.165, 1.54) is 18.4 Å². The standard InChI is InChI=1S/C18H28N2O/c1-3-4-11-20(14-17-9-6-10-19-17)18(21)13-16-8-5-7-15(2)12-16/h5,7-8,12,17,19H,3-4,6,9-11,13-14H2,1-2H3. The number of hydrogen-bond acceptors (Lipinski definition) is 2. The van der Waals surface area contributed by atoms with Crippen LogP contribution in [0, 0.1) is 6.92 Å². The Morgan fingerprint density at radius 2 is 2.29 bits per heavy atom. The molecule has 0 spiro atoms. The summed E-state index contributed by atoms with van der Waals surface area (Å²) >= 11 is 0. The molecule has 0 aromatic heterocycles. The van der Waals surface area contributed by atoms with E-state index in [1.54, 1.807) is 0 Å². The molecule has 1 N–H and O–H groups in total. The number of carbonyl (C=O) groups excluding carboxylic acids is 1. The molecule has 1 amide bonds. The van der Waals surface area contributed by atoms with Crippen LogP contribution in [0.5, 0.6) is 0 Å². The zero-order chi connectivity index (χ0) is 15.1. The fraction of sp³-hybridized carbons (Fsp3) is 0.611. The highest BCUT2D eigenvalue weighted by atomic mass is 16.2. The summed E-state index contributed by atoms with van der Waals surface area (Å²) in [5.74, 6) is 0.266. The van der Waals surface area contributed by atoms with E-state index in [9.17, 15) is 4.79 Å². The lowest BCUT2D eigenvalue weighted by molar-refractivity contribution is -0.130. The Morgan fingerprint density at radius 3 is 2.95 bits per heavy atom. The fourth-order valence-electron chi connectivity index (χ4n) is 2.95. The molecule has 2 rings (SSSR count). The Bertz CT molecular complexity index is 452. The summed E-state index contributed by atoms with van der Waals surface area (Å²) in [4.78, 5) is 14.7. The van der Waals surface area contributed by atoms with Crippen LogP contribution in [-0.2, 0) is 11.2 Å². The minimum atomic E-state index is 0.266. The molecule has 3 heteroatoms. The zero-order valence-corrected chi connectivity index (χ0v) is 13.4. The SMILES string of the molecule is CCCCN(CC1CCCN1)C(=O)Cc1cccc(C)c1. The van der Waals surface area contributed by atoms with Crippen molar-refractivity contribution >= 4 is 5.91 Å². The molecule has 1 aliphatic heterocycles. The van der Waals surface area contributed by atoms with Gasteiger partial charge < -0.3 is 10.2 Å². The fourth-order valence-corrected chi connectivity index (χ4v) is 2.95. The number of aryl methyl sites for hydroxylation is 1. The maximum atomic E-state index is 12.6. The topological polar surface area (TPSA) is 32.3 Å². The highest BCUT2D eigenvalue weighted by Gasteiger charge is 2.21. The van der Waals surface area contributed by atoms with Crippen molar-refractivity contribution in [1.82, 2.24) is 10.2 Å². The first-order chi connectivity index (χ1) is 10.2. The predicted molar refractivity (Wildman–Crippen MR) is 87.4 cm³/mol. The summed E-state index contributed by atoms with van der Waals surface area (Å²) in [7, 11) is 0. The molecule has 1 unspecified atom stereocenters. The first-order valence-electron chi connectivity index (χ1n) is 8.25. The van der Waals surface area contributed by atoms with E-state index in [1.807, 2.05) is 6.07 Å². The summed E-state index contributed by atoms with van der Waals surface area (Å²) in [5.41, 5.74) is 2.35. The smallest absolute Gasteiger partial charge is 0.227 e. The zero-order valence-electron chi connectivity index (χ0n) is 13.4. The number of hydrogen-bond donors (Lipinski definition) is 1. The average Bonchev–Trinajstić information content (AvgIpc) is 2.96. The molecule has 1 fully saturated rings. The number of nitrogens with one attached hydrogen (secondary N) is 1. The molecule has 0 radical (unpaired) electrons. The molecule has 0 bridgehead atoms. The lowest BCUT2D eigenvalue weighted by atomic mass is 10.1. The molecule has 0 saturated carbocycles. The van der Waals surface area contributed by atoms with Gasteiger partial charge in [0.1, 0.15) is 0 Å². The van der Waals surface area contributed by atoms with E-state index < -0.39 is 0 Å². The maximum Gasteiger partial charge on any atom is 0.227 e. The van der Waals surface area contributed by atoms with Crippen molar-refractivity contribution in [1.29, 1.82) is 0 Å². The summed E-state index contributed by atoms with van der Waals surface area (Å²) in [5, 5.41) is 3.50. The molecule has 1 aliphatic rings. The van der Waals surface area contributed by atoms with E-state index >= 15 is 0 Å². The molecule has 3 nitrogen and oxygen atoms in total. The van der Waals surface area contributed by atoms with E-state index in [0.717, 1.165) is 38.0 Å². The number of benzene rings is 1. The van der Waals surface area contributed by atoms with Crippen molar-refractivity contribution in [2.24, 2.45) is 0 Å². The third-order valence-corrected chi connectivity index (χ3v) is 4.18. The number of rotatable bonds is 7. The second kappa shape index (κ2) is 8.18. The van der Waals surface area contributed by atoms with Gasteiger partial charge in [-0.15, -0.1) is 0 Å². The van der Waals surface area contributed by atoms with Gasteiger partial charge in [-0.2, -0.15) is 0 Å². The Kier molecular flexibility index (Phi) is 6.24.